The molecule has 0 atom stereocenters. The van der Waals surface area contributed by atoms with Crippen LogP contribution in [-0.4, -0.2) is 11.1 Å². The van der Waals surface area contributed by atoms with E-state index < -0.39 is 5.97 Å². The summed E-state index contributed by atoms with van der Waals surface area (Å²) in [5.74, 6) is -0.814. The van der Waals surface area contributed by atoms with Gasteiger partial charge in [-0.05, 0) is 36.1 Å². The second kappa shape index (κ2) is 3.58. The Bertz CT molecular complexity index is 421. The molecule has 0 radical (unpaired) electrons. The van der Waals surface area contributed by atoms with Crippen LogP contribution >= 0.6 is 15.9 Å². The molecule has 0 saturated heterocycles. The zero-order valence-corrected chi connectivity index (χ0v) is 9.04. The quantitative estimate of drug-likeness (QED) is 0.835. The fourth-order valence-corrected chi connectivity index (χ4v) is 2.17. The second-order valence-electron chi connectivity index (χ2n) is 3.29. The Hall–Kier alpha value is -1.09. The highest BCUT2D eigenvalue weighted by Gasteiger charge is 2.16. The van der Waals surface area contributed by atoms with Crippen LogP contribution in [0.1, 0.15) is 17.5 Å². The number of hydrogen-bond donors (Lipinski definition) is 1. The van der Waals surface area contributed by atoms with Crippen molar-refractivity contribution in [3.8, 4) is 0 Å². The van der Waals surface area contributed by atoms with E-state index in [1.54, 1.807) is 6.08 Å². The number of carboxylic acid groups (broad SMARTS) is 1. The van der Waals surface area contributed by atoms with Crippen LogP contribution in [0.3, 0.4) is 0 Å². The Morgan fingerprint density at radius 2 is 2.14 bits per heavy atom. The molecule has 1 aliphatic rings. The number of rotatable bonds is 1. The van der Waals surface area contributed by atoms with Crippen molar-refractivity contribution in [3.63, 3.8) is 0 Å². The van der Waals surface area contributed by atoms with Gasteiger partial charge < -0.3 is 5.11 Å². The topological polar surface area (TPSA) is 37.3 Å². The highest BCUT2D eigenvalue weighted by molar-refractivity contribution is 9.10. The zero-order chi connectivity index (χ0) is 10.1. The minimum absolute atomic E-state index is 0.490. The van der Waals surface area contributed by atoms with E-state index in [4.69, 9.17) is 5.11 Å². The summed E-state index contributed by atoms with van der Waals surface area (Å²) in [6, 6.07) is 5.94. The average molecular weight is 253 g/mol. The van der Waals surface area contributed by atoms with Crippen molar-refractivity contribution < 1.29 is 9.90 Å². The largest absolute Gasteiger partial charge is 0.478 e. The molecule has 0 bridgehead atoms. The fraction of sp³-hybridized carbons (Fsp3) is 0.182. The summed E-state index contributed by atoms with van der Waals surface area (Å²) < 4.78 is 0.966. The number of fused-ring (bicyclic) bond motifs is 1. The molecule has 0 unspecified atom stereocenters. The third kappa shape index (κ3) is 1.60. The van der Waals surface area contributed by atoms with Crippen LogP contribution in [-0.2, 0) is 11.2 Å². The number of halogens is 1. The number of hydrogen-bond acceptors (Lipinski definition) is 1. The molecule has 1 N–H and O–H groups in total. The summed E-state index contributed by atoms with van der Waals surface area (Å²) in [6.45, 7) is 0. The Labute approximate surface area is 90.4 Å². The smallest absolute Gasteiger partial charge is 0.331 e. The van der Waals surface area contributed by atoms with Crippen molar-refractivity contribution in [1.82, 2.24) is 0 Å². The van der Waals surface area contributed by atoms with Gasteiger partial charge in [-0.1, -0.05) is 28.1 Å². The average Bonchev–Trinajstić information content (AvgIpc) is 2.18. The minimum atomic E-state index is -0.814. The monoisotopic (exact) mass is 252 g/mol. The van der Waals surface area contributed by atoms with Gasteiger partial charge in [0.2, 0.25) is 0 Å². The number of aliphatic carboxylic acids is 1. The van der Waals surface area contributed by atoms with Gasteiger partial charge in [-0.15, -0.1) is 0 Å². The number of carbonyl (C=O) groups is 1. The molecule has 2 nitrogen and oxygen atoms in total. The molecule has 0 fully saturated rings. The lowest BCUT2D eigenvalue weighted by Gasteiger charge is -2.14. The van der Waals surface area contributed by atoms with Crippen molar-refractivity contribution in [2.45, 2.75) is 12.8 Å². The molecule has 1 aromatic rings. The summed E-state index contributed by atoms with van der Waals surface area (Å²) in [6.07, 6.45) is 3.19. The summed E-state index contributed by atoms with van der Waals surface area (Å²) in [7, 11) is 0. The standard InChI is InChI=1S/C11H9BrO2/c12-10-3-1-2-7-4-5-8(11(13)14)6-9(7)10/h1-3,6H,4-5H2,(H,13,14). The molecular weight excluding hydrogens is 244 g/mol. The van der Waals surface area contributed by atoms with Gasteiger partial charge in [-0.2, -0.15) is 0 Å². The Balaban J connectivity index is 2.52. The molecular formula is C11H9BrO2. The van der Waals surface area contributed by atoms with Crippen molar-refractivity contribution >= 4 is 28.0 Å². The first-order valence-electron chi connectivity index (χ1n) is 4.40. The Morgan fingerprint density at radius 1 is 1.36 bits per heavy atom. The molecule has 3 heteroatoms. The first kappa shape index (κ1) is 9.46. The molecule has 0 aromatic heterocycles. The summed E-state index contributed by atoms with van der Waals surface area (Å²) in [4.78, 5) is 10.8. The summed E-state index contributed by atoms with van der Waals surface area (Å²) in [5.41, 5.74) is 2.71. The first-order valence-corrected chi connectivity index (χ1v) is 5.19. The van der Waals surface area contributed by atoms with Crippen LogP contribution in [0.4, 0.5) is 0 Å². The number of benzene rings is 1. The van der Waals surface area contributed by atoms with Crippen LogP contribution in [0.5, 0.6) is 0 Å². The fourth-order valence-electron chi connectivity index (χ4n) is 1.65. The SMILES string of the molecule is O=C(O)C1=Cc2c(Br)cccc2CC1. The van der Waals surface area contributed by atoms with Crippen LogP contribution in [0.2, 0.25) is 0 Å². The van der Waals surface area contributed by atoms with Gasteiger partial charge in [0, 0.05) is 10.0 Å². The van der Waals surface area contributed by atoms with Gasteiger partial charge in [-0.25, -0.2) is 4.79 Å². The molecule has 0 heterocycles. The van der Waals surface area contributed by atoms with Gasteiger partial charge in [-0.3, -0.25) is 0 Å². The molecule has 14 heavy (non-hydrogen) atoms. The third-order valence-electron chi connectivity index (χ3n) is 2.40. The molecule has 0 saturated carbocycles. The maximum atomic E-state index is 10.8. The molecule has 1 aliphatic carbocycles. The molecule has 0 spiro atoms. The van der Waals surface area contributed by atoms with Crippen LogP contribution in [0.15, 0.2) is 28.2 Å². The van der Waals surface area contributed by atoms with E-state index in [0.717, 1.165) is 16.5 Å². The van der Waals surface area contributed by atoms with Crippen LogP contribution < -0.4 is 0 Å². The van der Waals surface area contributed by atoms with Gasteiger partial charge in [0.15, 0.2) is 0 Å². The van der Waals surface area contributed by atoms with Gasteiger partial charge in [0.05, 0.1) is 0 Å². The molecule has 72 valence electrons. The van der Waals surface area contributed by atoms with E-state index in [1.165, 1.54) is 5.56 Å². The van der Waals surface area contributed by atoms with E-state index in [9.17, 15) is 4.79 Å². The Morgan fingerprint density at radius 3 is 2.86 bits per heavy atom. The predicted molar refractivity (Wildman–Crippen MR) is 58.1 cm³/mol. The van der Waals surface area contributed by atoms with E-state index in [2.05, 4.69) is 15.9 Å². The van der Waals surface area contributed by atoms with E-state index in [1.807, 2.05) is 18.2 Å². The molecule has 2 rings (SSSR count). The third-order valence-corrected chi connectivity index (χ3v) is 3.09. The van der Waals surface area contributed by atoms with E-state index >= 15 is 0 Å². The summed E-state index contributed by atoms with van der Waals surface area (Å²) in [5, 5.41) is 8.87. The molecule has 0 aliphatic heterocycles. The molecule has 0 amide bonds. The maximum absolute atomic E-state index is 10.8. The van der Waals surface area contributed by atoms with Crippen LogP contribution in [0.25, 0.3) is 6.08 Å². The normalized spacial score (nSPS) is 14.5. The lowest BCUT2D eigenvalue weighted by Crippen LogP contribution is -2.07. The number of carboxylic acids is 1. The van der Waals surface area contributed by atoms with Crippen molar-refractivity contribution in [2.75, 3.05) is 0 Å². The van der Waals surface area contributed by atoms with Crippen molar-refractivity contribution in [2.24, 2.45) is 0 Å². The highest BCUT2D eigenvalue weighted by atomic mass is 79.9. The number of aryl methyl sites for hydroxylation is 1. The predicted octanol–water partition coefficient (Wildman–Crippen LogP) is 2.86. The zero-order valence-electron chi connectivity index (χ0n) is 7.46. The first-order chi connectivity index (χ1) is 6.68. The van der Waals surface area contributed by atoms with E-state index in [-0.39, 0.29) is 0 Å². The van der Waals surface area contributed by atoms with Crippen LogP contribution in [0, 0.1) is 0 Å². The highest BCUT2D eigenvalue weighted by Crippen LogP contribution is 2.29. The maximum Gasteiger partial charge on any atom is 0.331 e. The Kier molecular flexibility index (Phi) is 2.42. The van der Waals surface area contributed by atoms with Gasteiger partial charge in [0.25, 0.3) is 0 Å². The van der Waals surface area contributed by atoms with Gasteiger partial charge >= 0.3 is 5.97 Å². The molecule has 1 aromatic carbocycles. The second-order valence-corrected chi connectivity index (χ2v) is 4.14. The van der Waals surface area contributed by atoms with Crippen molar-refractivity contribution in [1.29, 1.82) is 0 Å². The summed E-state index contributed by atoms with van der Waals surface area (Å²) >= 11 is 3.42. The van der Waals surface area contributed by atoms with Crippen molar-refractivity contribution in [3.05, 3.63) is 39.4 Å². The van der Waals surface area contributed by atoms with E-state index in [0.29, 0.717) is 12.0 Å². The van der Waals surface area contributed by atoms with Gasteiger partial charge in [0.1, 0.15) is 0 Å². The lowest BCUT2D eigenvalue weighted by atomic mass is 9.92. The minimum Gasteiger partial charge on any atom is -0.478 e. The lowest BCUT2D eigenvalue weighted by molar-refractivity contribution is -0.132.